The molecule has 0 spiro atoms. The number of rotatable bonds is 4. The van der Waals surface area contributed by atoms with E-state index in [1.807, 2.05) is 6.07 Å². The van der Waals surface area contributed by atoms with Gasteiger partial charge < -0.3 is 10.0 Å². The molecule has 1 N–H and O–H groups in total. The van der Waals surface area contributed by atoms with Gasteiger partial charge in [0.15, 0.2) is 0 Å². The first-order chi connectivity index (χ1) is 6.99. The average Bonchev–Trinajstić information content (AvgIpc) is 2.95. The largest absolute Gasteiger partial charge is 0.481 e. The second-order valence-corrected chi connectivity index (χ2v) is 3.95. The molecule has 5 nitrogen and oxygen atoms in total. The van der Waals surface area contributed by atoms with E-state index >= 15 is 0 Å². The molecule has 0 heterocycles. The lowest BCUT2D eigenvalue weighted by molar-refractivity contribution is -0.142. The van der Waals surface area contributed by atoms with Crippen molar-refractivity contribution in [3.63, 3.8) is 0 Å². The van der Waals surface area contributed by atoms with Crippen molar-refractivity contribution in [3.8, 4) is 6.07 Å². The van der Waals surface area contributed by atoms with Crippen LogP contribution >= 0.6 is 0 Å². The van der Waals surface area contributed by atoms with Gasteiger partial charge in [-0.05, 0) is 13.3 Å². The molecule has 15 heavy (non-hydrogen) atoms. The molecule has 5 heteroatoms. The van der Waals surface area contributed by atoms with Crippen molar-refractivity contribution in [2.75, 3.05) is 7.05 Å². The summed E-state index contributed by atoms with van der Waals surface area (Å²) in [6.07, 6.45) is 0.699. The minimum absolute atomic E-state index is 0.155. The van der Waals surface area contributed by atoms with Crippen molar-refractivity contribution in [3.05, 3.63) is 0 Å². The van der Waals surface area contributed by atoms with Crippen molar-refractivity contribution in [1.29, 1.82) is 5.26 Å². The zero-order valence-electron chi connectivity index (χ0n) is 8.80. The summed E-state index contributed by atoms with van der Waals surface area (Å²) in [7, 11) is 1.61. The van der Waals surface area contributed by atoms with Crippen LogP contribution in [0.2, 0.25) is 0 Å². The normalized spacial score (nSPS) is 25.1. The van der Waals surface area contributed by atoms with Gasteiger partial charge in [0.2, 0.25) is 5.91 Å². The molecule has 0 aromatic carbocycles. The van der Waals surface area contributed by atoms with Crippen LogP contribution in [-0.4, -0.2) is 35.0 Å². The lowest BCUT2D eigenvalue weighted by atomic mass is 10.2. The van der Waals surface area contributed by atoms with E-state index < -0.39 is 11.9 Å². The molecule has 0 aromatic rings. The molecule has 1 fully saturated rings. The maximum atomic E-state index is 11.7. The number of hydrogen-bond acceptors (Lipinski definition) is 3. The van der Waals surface area contributed by atoms with Crippen LogP contribution in [0.1, 0.15) is 19.8 Å². The summed E-state index contributed by atoms with van der Waals surface area (Å²) in [4.78, 5) is 23.7. The summed E-state index contributed by atoms with van der Waals surface area (Å²) >= 11 is 0. The SMILES string of the molecule is CC(CC#N)N(C)C(=O)[C@@H]1C[C@@H]1C(=O)O. The maximum Gasteiger partial charge on any atom is 0.307 e. The maximum absolute atomic E-state index is 11.7. The van der Waals surface area contributed by atoms with E-state index in [9.17, 15) is 9.59 Å². The van der Waals surface area contributed by atoms with Crippen LogP contribution < -0.4 is 0 Å². The van der Waals surface area contributed by atoms with E-state index in [0.29, 0.717) is 6.42 Å². The fourth-order valence-electron chi connectivity index (χ4n) is 1.49. The minimum atomic E-state index is -0.908. The third-order valence-corrected chi connectivity index (χ3v) is 2.82. The Labute approximate surface area is 88.3 Å². The van der Waals surface area contributed by atoms with Gasteiger partial charge in [0.1, 0.15) is 0 Å². The van der Waals surface area contributed by atoms with Gasteiger partial charge in [-0.25, -0.2) is 0 Å². The first kappa shape index (κ1) is 11.5. The topological polar surface area (TPSA) is 81.4 Å². The van der Waals surface area contributed by atoms with Crippen LogP contribution in [0.15, 0.2) is 0 Å². The smallest absolute Gasteiger partial charge is 0.307 e. The first-order valence-electron chi connectivity index (χ1n) is 4.85. The van der Waals surface area contributed by atoms with Crippen molar-refractivity contribution in [2.24, 2.45) is 11.8 Å². The van der Waals surface area contributed by atoms with E-state index in [4.69, 9.17) is 10.4 Å². The molecule has 1 aliphatic rings. The highest BCUT2D eigenvalue weighted by molar-refractivity contribution is 5.89. The summed E-state index contributed by atoms with van der Waals surface area (Å²) in [6, 6.07) is 1.83. The highest BCUT2D eigenvalue weighted by Gasteiger charge is 2.49. The highest BCUT2D eigenvalue weighted by Crippen LogP contribution is 2.40. The fraction of sp³-hybridized carbons (Fsp3) is 0.700. The average molecular weight is 210 g/mol. The molecule has 3 atom stereocenters. The summed E-state index contributed by atoms with van der Waals surface area (Å²) in [5.74, 6) is -1.97. The molecule has 82 valence electrons. The van der Waals surface area contributed by atoms with Crippen molar-refractivity contribution >= 4 is 11.9 Å². The summed E-state index contributed by atoms with van der Waals surface area (Å²) in [5.41, 5.74) is 0. The molecule has 0 radical (unpaired) electrons. The van der Waals surface area contributed by atoms with Gasteiger partial charge in [0.25, 0.3) is 0 Å². The van der Waals surface area contributed by atoms with Crippen LogP contribution in [0.3, 0.4) is 0 Å². The van der Waals surface area contributed by atoms with Crippen LogP contribution in [0.25, 0.3) is 0 Å². The van der Waals surface area contributed by atoms with Gasteiger partial charge in [0.05, 0.1) is 24.3 Å². The summed E-state index contributed by atoms with van der Waals surface area (Å²) < 4.78 is 0. The second-order valence-electron chi connectivity index (χ2n) is 3.95. The number of hydrogen-bond donors (Lipinski definition) is 1. The summed E-state index contributed by atoms with van der Waals surface area (Å²) in [6.45, 7) is 1.78. The second kappa shape index (κ2) is 4.30. The Hall–Kier alpha value is -1.57. The molecule has 0 bridgehead atoms. The summed E-state index contributed by atoms with van der Waals surface area (Å²) in [5, 5.41) is 17.2. The van der Waals surface area contributed by atoms with Crippen LogP contribution in [0.5, 0.6) is 0 Å². The van der Waals surface area contributed by atoms with Gasteiger partial charge in [-0.1, -0.05) is 0 Å². The number of carboxylic acid groups (broad SMARTS) is 1. The van der Waals surface area contributed by atoms with E-state index in [-0.39, 0.29) is 24.3 Å². The molecule has 1 amide bonds. The number of carboxylic acids is 1. The zero-order chi connectivity index (χ0) is 11.6. The van der Waals surface area contributed by atoms with Gasteiger partial charge in [-0.15, -0.1) is 0 Å². The number of aliphatic carboxylic acids is 1. The molecule has 0 aromatic heterocycles. The van der Waals surface area contributed by atoms with Gasteiger partial charge >= 0.3 is 5.97 Å². The quantitative estimate of drug-likeness (QED) is 0.731. The van der Waals surface area contributed by atoms with Crippen LogP contribution in [0, 0.1) is 23.2 Å². The molecular weight excluding hydrogens is 196 g/mol. The number of nitrogens with zero attached hydrogens (tertiary/aromatic N) is 2. The first-order valence-corrected chi connectivity index (χ1v) is 4.85. The Morgan fingerprint density at radius 1 is 1.60 bits per heavy atom. The number of carbonyl (C=O) groups is 2. The van der Waals surface area contributed by atoms with Crippen molar-refractivity contribution < 1.29 is 14.7 Å². The lowest BCUT2D eigenvalue weighted by Gasteiger charge is -2.22. The predicted molar refractivity (Wildman–Crippen MR) is 51.7 cm³/mol. The predicted octanol–water partition coefficient (Wildman–Crippen LogP) is 0.468. The van der Waals surface area contributed by atoms with E-state index in [2.05, 4.69) is 0 Å². The number of amides is 1. The Balaban J connectivity index is 2.49. The third kappa shape index (κ3) is 2.46. The van der Waals surface area contributed by atoms with Crippen molar-refractivity contribution in [1.82, 2.24) is 4.90 Å². The van der Waals surface area contributed by atoms with Crippen LogP contribution in [-0.2, 0) is 9.59 Å². The number of carbonyl (C=O) groups excluding carboxylic acids is 1. The van der Waals surface area contributed by atoms with Crippen molar-refractivity contribution in [2.45, 2.75) is 25.8 Å². The van der Waals surface area contributed by atoms with Crippen LogP contribution in [0.4, 0.5) is 0 Å². The monoisotopic (exact) mass is 210 g/mol. The lowest BCUT2D eigenvalue weighted by Crippen LogP contribution is -2.36. The highest BCUT2D eigenvalue weighted by atomic mass is 16.4. The zero-order valence-corrected chi connectivity index (χ0v) is 8.80. The molecule has 0 aliphatic heterocycles. The van der Waals surface area contributed by atoms with Gasteiger partial charge in [-0.2, -0.15) is 5.26 Å². The van der Waals surface area contributed by atoms with E-state index in [1.165, 1.54) is 4.90 Å². The van der Waals surface area contributed by atoms with E-state index in [1.54, 1.807) is 14.0 Å². The Morgan fingerprint density at radius 3 is 2.60 bits per heavy atom. The van der Waals surface area contributed by atoms with E-state index in [0.717, 1.165) is 0 Å². The Bertz CT molecular complexity index is 321. The number of nitriles is 1. The Morgan fingerprint density at radius 2 is 2.20 bits per heavy atom. The standard InChI is InChI=1S/C10H14N2O3/c1-6(3-4-11)12(2)9(13)7-5-8(7)10(14)15/h6-8H,3,5H2,1-2H3,(H,14,15)/t6?,7-,8+/m1/s1. The fourth-order valence-corrected chi connectivity index (χ4v) is 1.49. The molecule has 1 unspecified atom stereocenters. The van der Waals surface area contributed by atoms with Gasteiger partial charge in [-0.3, -0.25) is 9.59 Å². The minimum Gasteiger partial charge on any atom is -0.481 e. The molecule has 1 saturated carbocycles. The third-order valence-electron chi connectivity index (χ3n) is 2.82. The Kier molecular flexibility index (Phi) is 3.30. The molecule has 0 saturated heterocycles. The molecule has 1 aliphatic carbocycles. The molecular formula is C10H14N2O3. The molecule has 1 rings (SSSR count). The van der Waals surface area contributed by atoms with Gasteiger partial charge in [0, 0.05) is 13.1 Å².